The number of guanidine groups is 1. The highest BCUT2D eigenvalue weighted by molar-refractivity contribution is 14.0. The van der Waals surface area contributed by atoms with Crippen LogP contribution in [0.15, 0.2) is 4.99 Å². The van der Waals surface area contributed by atoms with Crippen LogP contribution in [0.4, 0.5) is 0 Å². The second kappa shape index (κ2) is 15.0. The normalized spacial score (nSPS) is 10.8. The Morgan fingerprint density at radius 2 is 1.94 bits per heavy atom. The summed E-state index contributed by atoms with van der Waals surface area (Å²) in [5.74, 6) is 0.913. The van der Waals surface area contributed by atoms with Gasteiger partial charge in [-0.15, -0.1) is 24.0 Å². The van der Waals surface area contributed by atoms with E-state index in [-0.39, 0.29) is 24.0 Å². The Hall–Kier alpha value is -0.0400. The molecule has 16 heavy (non-hydrogen) atoms. The Labute approximate surface area is 117 Å². The van der Waals surface area contributed by atoms with Crippen molar-refractivity contribution < 1.29 is 4.74 Å². The van der Waals surface area contributed by atoms with Crippen LogP contribution in [0.25, 0.3) is 0 Å². The molecule has 0 heterocycles. The van der Waals surface area contributed by atoms with Crippen LogP contribution in [-0.2, 0) is 4.74 Å². The van der Waals surface area contributed by atoms with Gasteiger partial charge in [-0.05, 0) is 26.7 Å². The Morgan fingerprint density at radius 3 is 2.50 bits per heavy atom. The minimum Gasteiger partial charge on any atom is -0.382 e. The van der Waals surface area contributed by atoms with Gasteiger partial charge < -0.3 is 15.4 Å². The molecule has 4 nitrogen and oxygen atoms in total. The fourth-order valence-electron chi connectivity index (χ4n) is 1.09. The molecule has 0 aliphatic heterocycles. The lowest BCUT2D eigenvalue weighted by molar-refractivity contribution is 0.145. The maximum absolute atomic E-state index is 5.26. The summed E-state index contributed by atoms with van der Waals surface area (Å²) in [6.45, 7) is 10.5. The molecular formula is C11H26IN3O. The largest absolute Gasteiger partial charge is 0.382 e. The van der Waals surface area contributed by atoms with Gasteiger partial charge in [-0.3, -0.25) is 4.99 Å². The summed E-state index contributed by atoms with van der Waals surface area (Å²) >= 11 is 0. The first-order valence-corrected chi connectivity index (χ1v) is 5.95. The molecule has 0 amide bonds. The first-order valence-electron chi connectivity index (χ1n) is 5.95. The SMILES string of the molecule is CCCN=C(NCC)NCCCOCC.I. The van der Waals surface area contributed by atoms with Gasteiger partial charge in [-0.1, -0.05) is 6.92 Å². The first kappa shape index (κ1) is 18.3. The summed E-state index contributed by atoms with van der Waals surface area (Å²) in [6, 6.07) is 0. The summed E-state index contributed by atoms with van der Waals surface area (Å²) in [6.07, 6.45) is 2.10. The van der Waals surface area contributed by atoms with Gasteiger partial charge in [-0.25, -0.2) is 0 Å². The molecule has 0 unspecified atom stereocenters. The molecule has 0 aromatic carbocycles. The Balaban J connectivity index is 0. The highest BCUT2D eigenvalue weighted by atomic mass is 127. The smallest absolute Gasteiger partial charge is 0.191 e. The molecule has 0 bridgehead atoms. The van der Waals surface area contributed by atoms with Crippen LogP contribution >= 0.6 is 24.0 Å². The summed E-state index contributed by atoms with van der Waals surface area (Å²) in [4.78, 5) is 4.40. The molecule has 0 spiro atoms. The minimum atomic E-state index is 0. The molecule has 0 saturated heterocycles. The van der Waals surface area contributed by atoms with Crippen LogP contribution in [-0.4, -0.2) is 38.8 Å². The molecule has 0 radical (unpaired) electrons. The summed E-state index contributed by atoms with van der Waals surface area (Å²) in [7, 11) is 0. The molecule has 98 valence electrons. The number of rotatable bonds is 8. The summed E-state index contributed by atoms with van der Waals surface area (Å²) in [5.41, 5.74) is 0. The average Bonchev–Trinajstić information content (AvgIpc) is 2.25. The van der Waals surface area contributed by atoms with E-state index in [1.807, 2.05) is 6.92 Å². The molecule has 0 aliphatic carbocycles. The van der Waals surface area contributed by atoms with E-state index in [1.54, 1.807) is 0 Å². The zero-order chi connectivity index (χ0) is 11.4. The van der Waals surface area contributed by atoms with Crippen LogP contribution in [0.3, 0.4) is 0 Å². The third kappa shape index (κ3) is 12.0. The fraction of sp³-hybridized carbons (Fsp3) is 0.909. The van der Waals surface area contributed by atoms with E-state index in [1.165, 1.54) is 0 Å². The van der Waals surface area contributed by atoms with E-state index in [2.05, 4.69) is 29.5 Å². The Bertz CT molecular complexity index is 165. The van der Waals surface area contributed by atoms with Crippen LogP contribution in [0, 0.1) is 0 Å². The topological polar surface area (TPSA) is 45.7 Å². The van der Waals surface area contributed by atoms with Crippen LogP contribution < -0.4 is 10.6 Å². The van der Waals surface area contributed by atoms with Gasteiger partial charge in [0.05, 0.1) is 0 Å². The average molecular weight is 343 g/mol. The van der Waals surface area contributed by atoms with Gasteiger partial charge in [0, 0.05) is 32.8 Å². The van der Waals surface area contributed by atoms with Crippen LogP contribution in [0.2, 0.25) is 0 Å². The highest BCUT2D eigenvalue weighted by Gasteiger charge is 1.94. The van der Waals surface area contributed by atoms with Crippen molar-refractivity contribution in [2.24, 2.45) is 4.99 Å². The van der Waals surface area contributed by atoms with Crippen molar-refractivity contribution in [3.63, 3.8) is 0 Å². The number of nitrogens with one attached hydrogen (secondary N) is 2. The predicted octanol–water partition coefficient (Wildman–Crippen LogP) is 2.00. The third-order valence-corrected chi connectivity index (χ3v) is 1.80. The Morgan fingerprint density at radius 1 is 1.19 bits per heavy atom. The zero-order valence-electron chi connectivity index (χ0n) is 10.7. The molecule has 0 fully saturated rings. The van der Waals surface area contributed by atoms with Crippen molar-refractivity contribution in [1.82, 2.24) is 10.6 Å². The molecule has 0 aromatic heterocycles. The maximum Gasteiger partial charge on any atom is 0.191 e. The molecule has 0 rings (SSSR count). The molecule has 0 saturated carbocycles. The summed E-state index contributed by atoms with van der Waals surface area (Å²) in [5, 5.41) is 6.48. The van der Waals surface area contributed by atoms with Crippen molar-refractivity contribution in [1.29, 1.82) is 0 Å². The van der Waals surface area contributed by atoms with Gasteiger partial charge in [0.25, 0.3) is 0 Å². The van der Waals surface area contributed by atoms with Gasteiger partial charge in [0.1, 0.15) is 0 Å². The second-order valence-electron chi connectivity index (χ2n) is 3.24. The second-order valence-corrected chi connectivity index (χ2v) is 3.24. The quantitative estimate of drug-likeness (QED) is 0.307. The maximum atomic E-state index is 5.26. The van der Waals surface area contributed by atoms with Crippen molar-refractivity contribution in [2.45, 2.75) is 33.6 Å². The molecule has 0 aromatic rings. The third-order valence-electron chi connectivity index (χ3n) is 1.80. The predicted molar refractivity (Wildman–Crippen MR) is 80.8 cm³/mol. The highest BCUT2D eigenvalue weighted by Crippen LogP contribution is 1.82. The number of nitrogens with zero attached hydrogens (tertiary/aromatic N) is 1. The van der Waals surface area contributed by atoms with Gasteiger partial charge in [0.2, 0.25) is 0 Å². The number of hydrogen-bond acceptors (Lipinski definition) is 2. The van der Waals surface area contributed by atoms with E-state index >= 15 is 0 Å². The number of ether oxygens (including phenoxy) is 1. The monoisotopic (exact) mass is 343 g/mol. The standard InChI is InChI=1S/C11H25N3O.HI/c1-4-8-13-11(12-5-2)14-9-7-10-15-6-3;/h4-10H2,1-3H3,(H2,12,13,14);1H. The van der Waals surface area contributed by atoms with E-state index in [9.17, 15) is 0 Å². The molecular weight excluding hydrogens is 317 g/mol. The molecule has 5 heteroatoms. The minimum absolute atomic E-state index is 0. The van der Waals surface area contributed by atoms with Crippen LogP contribution in [0.1, 0.15) is 33.6 Å². The number of aliphatic imine (C=N–C) groups is 1. The lowest BCUT2D eigenvalue weighted by Crippen LogP contribution is -2.38. The van der Waals surface area contributed by atoms with Gasteiger partial charge >= 0.3 is 0 Å². The van der Waals surface area contributed by atoms with Crippen molar-refractivity contribution in [3.05, 3.63) is 0 Å². The van der Waals surface area contributed by atoms with E-state index in [4.69, 9.17) is 4.74 Å². The van der Waals surface area contributed by atoms with Crippen molar-refractivity contribution in [3.8, 4) is 0 Å². The number of halogens is 1. The zero-order valence-corrected chi connectivity index (χ0v) is 13.0. The van der Waals surface area contributed by atoms with E-state index in [0.717, 1.165) is 51.6 Å². The van der Waals surface area contributed by atoms with E-state index < -0.39 is 0 Å². The van der Waals surface area contributed by atoms with Gasteiger partial charge in [0.15, 0.2) is 5.96 Å². The number of hydrogen-bond donors (Lipinski definition) is 2. The Kier molecular flexibility index (Phi) is 17.1. The lowest BCUT2D eigenvalue weighted by Gasteiger charge is -2.10. The lowest BCUT2D eigenvalue weighted by atomic mass is 10.4. The summed E-state index contributed by atoms with van der Waals surface area (Å²) < 4.78 is 5.26. The van der Waals surface area contributed by atoms with Crippen molar-refractivity contribution >= 4 is 29.9 Å². The first-order chi connectivity index (χ1) is 7.35. The molecule has 0 aliphatic rings. The molecule has 0 atom stereocenters. The fourth-order valence-corrected chi connectivity index (χ4v) is 1.09. The van der Waals surface area contributed by atoms with Crippen LogP contribution in [0.5, 0.6) is 0 Å². The van der Waals surface area contributed by atoms with E-state index in [0.29, 0.717) is 0 Å². The van der Waals surface area contributed by atoms with Gasteiger partial charge in [-0.2, -0.15) is 0 Å². The van der Waals surface area contributed by atoms with Crippen molar-refractivity contribution in [2.75, 3.05) is 32.8 Å². The molecule has 2 N–H and O–H groups in total.